The molecule has 110 valence electrons. The number of ether oxygens (including phenoxy) is 1. The number of hydrogen-bond donors (Lipinski definition) is 1. The fraction of sp³-hybridized carbons (Fsp3) is 0.500. The van der Waals surface area contributed by atoms with E-state index in [2.05, 4.69) is 5.32 Å². The molecule has 0 aliphatic heterocycles. The van der Waals surface area contributed by atoms with E-state index in [1.807, 2.05) is 0 Å². The van der Waals surface area contributed by atoms with Crippen molar-refractivity contribution in [2.75, 3.05) is 11.9 Å². The van der Waals surface area contributed by atoms with Gasteiger partial charge in [0.05, 0.1) is 12.2 Å². The summed E-state index contributed by atoms with van der Waals surface area (Å²) in [7, 11) is 0. The maximum atomic E-state index is 12.1. The van der Waals surface area contributed by atoms with Crippen LogP contribution in [0, 0.1) is 0 Å². The molecule has 1 aromatic heterocycles. The van der Waals surface area contributed by atoms with Gasteiger partial charge in [0.2, 0.25) is 0 Å². The van der Waals surface area contributed by atoms with Crippen LogP contribution in [0.15, 0.2) is 0 Å². The Morgan fingerprint density at radius 2 is 2.05 bits per heavy atom. The van der Waals surface area contributed by atoms with E-state index < -0.39 is 15.7 Å². The number of thiophene rings is 1. The number of fused-ring (bicyclic) bond motifs is 1. The van der Waals surface area contributed by atoms with Gasteiger partial charge in [-0.3, -0.25) is 4.79 Å². The number of halogens is 3. The molecule has 1 N–H and O–H groups in total. The van der Waals surface area contributed by atoms with Crippen molar-refractivity contribution < 1.29 is 14.3 Å². The van der Waals surface area contributed by atoms with Crippen LogP contribution in [0.2, 0.25) is 0 Å². The van der Waals surface area contributed by atoms with Gasteiger partial charge in [-0.05, 0) is 31.7 Å². The average Bonchev–Trinajstić information content (AvgIpc) is 2.87. The predicted octanol–water partition coefficient (Wildman–Crippen LogP) is 3.72. The standard InChI is InChI=1S/C12H12Cl3NO3S/c1-2-19-10(17)8-6-4-3-5-7(6)20-9(8)16-11(18)12(13,14)15/h2-5H2,1H3,(H,16,18). The number of carbonyl (C=O) groups is 2. The monoisotopic (exact) mass is 355 g/mol. The number of esters is 1. The Kier molecular flexibility index (Phi) is 4.84. The summed E-state index contributed by atoms with van der Waals surface area (Å²) in [6, 6.07) is 0. The molecule has 0 saturated carbocycles. The van der Waals surface area contributed by atoms with Gasteiger partial charge in [-0.25, -0.2) is 4.79 Å². The Hall–Kier alpha value is -0.490. The molecule has 0 radical (unpaired) electrons. The van der Waals surface area contributed by atoms with Gasteiger partial charge in [-0.2, -0.15) is 0 Å². The van der Waals surface area contributed by atoms with Crippen LogP contribution >= 0.6 is 46.1 Å². The average molecular weight is 357 g/mol. The molecule has 1 aliphatic carbocycles. The lowest BCUT2D eigenvalue weighted by atomic mass is 10.1. The van der Waals surface area contributed by atoms with Gasteiger partial charge >= 0.3 is 5.97 Å². The van der Waals surface area contributed by atoms with Crippen molar-refractivity contribution in [3.8, 4) is 0 Å². The molecule has 2 rings (SSSR count). The zero-order valence-corrected chi connectivity index (χ0v) is 13.7. The van der Waals surface area contributed by atoms with E-state index in [4.69, 9.17) is 39.5 Å². The molecule has 0 saturated heterocycles. The first-order chi connectivity index (χ1) is 9.34. The van der Waals surface area contributed by atoms with E-state index in [1.54, 1.807) is 6.92 Å². The van der Waals surface area contributed by atoms with Crippen LogP contribution in [-0.4, -0.2) is 22.3 Å². The Morgan fingerprint density at radius 1 is 1.35 bits per heavy atom. The number of anilines is 1. The van der Waals surface area contributed by atoms with Gasteiger partial charge in [-0.1, -0.05) is 34.8 Å². The van der Waals surface area contributed by atoms with Crippen molar-refractivity contribution in [2.45, 2.75) is 30.0 Å². The number of aryl methyl sites for hydroxylation is 1. The Morgan fingerprint density at radius 3 is 2.65 bits per heavy atom. The molecule has 4 nitrogen and oxygen atoms in total. The van der Waals surface area contributed by atoms with E-state index >= 15 is 0 Å². The first kappa shape index (κ1) is 15.9. The number of carbonyl (C=O) groups excluding carboxylic acids is 2. The summed E-state index contributed by atoms with van der Waals surface area (Å²) in [5.74, 6) is -1.24. The highest BCUT2D eigenvalue weighted by atomic mass is 35.6. The molecule has 0 fully saturated rings. The first-order valence-corrected chi connectivity index (χ1v) is 7.99. The Bertz CT molecular complexity index is 551. The highest BCUT2D eigenvalue weighted by Crippen LogP contribution is 2.40. The van der Waals surface area contributed by atoms with Gasteiger partial charge < -0.3 is 10.1 Å². The highest BCUT2D eigenvalue weighted by molar-refractivity contribution is 7.17. The normalized spacial score (nSPS) is 14.0. The van der Waals surface area contributed by atoms with Crippen molar-refractivity contribution in [1.29, 1.82) is 0 Å². The third-order valence-corrected chi connectivity index (χ3v) is 4.61. The van der Waals surface area contributed by atoms with Crippen LogP contribution in [-0.2, 0) is 22.4 Å². The van der Waals surface area contributed by atoms with Gasteiger partial charge in [0, 0.05) is 4.88 Å². The summed E-state index contributed by atoms with van der Waals surface area (Å²) < 4.78 is 2.97. The number of amides is 1. The molecule has 0 bridgehead atoms. The second-order valence-corrected chi connectivity index (χ2v) is 7.62. The van der Waals surface area contributed by atoms with Crippen LogP contribution in [0.3, 0.4) is 0 Å². The molecule has 8 heteroatoms. The summed E-state index contributed by atoms with van der Waals surface area (Å²) in [6.07, 6.45) is 2.67. The molecule has 1 aliphatic rings. The van der Waals surface area contributed by atoms with Gasteiger partial charge in [-0.15, -0.1) is 11.3 Å². The van der Waals surface area contributed by atoms with Crippen molar-refractivity contribution >= 4 is 63.0 Å². The Balaban J connectivity index is 2.34. The van der Waals surface area contributed by atoms with E-state index in [1.165, 1.54) is 11.3 Å². The van der Waals surface area contributed by atoms with Gasteiger partial charge in [0.15, 0.2) is 0 Å². The van der Waals surface area contributed by atoms with Crippen LogP contribution in [0.4, 0.5) is 5.00 Å². The molecule has 0 unspecified atom stereocenters. The van der Waals surface area contributed by atoms with Crippen LogP contribution in [0.25, 0.3) is 0 Å². The van der Waals surface area contributed by atoms with E-state index in [0.717, 1.165) is 29.7 Å². The minimum absolute atomic E-state index is 0.265. The third kappa shape index (κ3) is 3.22. The fourth-order valence-electron chi connectivity index (χ4n) is 2.09. The summed E-state index contributed by atoms with van der Waals surface area (Å²) in [5, 5.41) is 2.90. The first-order valence-electron chi connectivity index (χ1n) is 6.04. The number of hydrogen-bond acceptors (Lipinski definition) is 4. The molecular formula is C12H12Cl3NO3S. The maximum Gasteiger partial charge on any atom is 0.341 e. The molecule has 1 aromatic rings. The second kappa shape index (κ2) is 6.10. The van der Waals surface area contributed by atoms with Crippen molar-refractivity contribution in [3.05, 3.63) is 16.0 Å². The lowest BCUT2D eigenvalue weighted by molar-refractivity contribution is -0.115. The molecular weight excluding hydrogens is 345 g/mol. The highest BCUT2D eigenvalue weighted by Gasteiger charge is 2.34. The summed E-state index contributed by atoms with van der Waals surface area (Å²) in [6.45, 7) is 1.99. The van der Waals surface area contributed by atoms with Crippen molar-refractivity contribution in [2.24, 2.45) is 0 Å². The molecule has 0 atom stereocenters. The smallest absolute Gasteiger partial charge is 0.341 e. The molecule has 0 aromatic carbocycles. The summed E-state index contributed by atoms with van der Waals surface area (Å²) in [5.41, 5.74) is 1.33. The number of alkyl halides is 3. The van der Waals surface area contributed by atoms with Gasteiger partial charge in [0.25, 0.3) is 9.70 Å². The minimum Gasteiger partial charge on any atom is -0.462 e. The van der Waals surface area contributed by atoms with E-state index in [-0.39, 0.29) is 6.61 Å². The zero-order valence-electron chi connectivity index (χ0n) is 10.6. The van der Waals surface area contributed by atoms with E-state index in [0.29, 0.717) is 10.6 Å². The summed E-state index contributed by atoms with van der Waals surface area (Å²) >= 11 is 17.9. The lowest BCUT2D eigenvalue weighted by Crippen LogP contribution is -2.27. The largest absolute Gasteiger partial charge is 0.462 e. The van der Waals surface area contributed by atoms with Crippen LogP contribution < -0.4 is 5.32 Å². The number of rotatable bonds is 3. The second-order valence-electron chi connectivity index (χ2n) is 4.23. The maximum absolute atomic E-state index is 12.1. The zero-order chi connectivity index (χ0) is 14.9. The van der Waals surface area contributed by atoms with Crippen LogP contribution in [0.1, 0.15) is 34.1 Å². The lowest BCUT2D eigenvalue weighted by Gasteiger charge is -2.12. The number of nitrogens with one attached hydrogen (secondary N) is 1. The quantitative estimate of drug-likeness (QED) is 0.663. The van der Waals surface area contributed by atoms with Crippen molar-refractivity contribution in [1.82, 2.24) is 0 Å². The van der Waals surface area contributed by atoms with Crippen LogP contribution in [0.5, 0.6) is 0 Å². The van der Waals surface area contributed by atoms with E-state index in [9.17, 15) is 9.59 Å². The summed E-state index contributed by atoms with van der Waals surface area (Å²) in [4.78, 5) is 24.9. The fourth-order valence-corrected chi connectivity index (χ4v) is 3.50. The third-order valence-electron chi connectivity index (χ3n) is 2.89. The molecule has 1 amide bonds. The Labute approximate surface area is 135 Å². The minimum atomic E-state index is -2.07. The SMILES string of the molecule is CCOC(=O)c1c(NC(=O)C(Cl)(Cl)Cl)sc2c1CCC2. The predicted molar refractivity (Wildman–Crippen MR) is 81.2 cm³/mol. The van der Waals surface area contributed by atoms with Crippen molar-refractivity contribution in [3.63, 3.8) is 0 Å². The molecule has 1 heterocycles. The molecule has 0 spiro atoms. The van der Waals surface area contributed by atoms with Gasteiger partial charge in [0.1, 0.15) is 5.00 Å². The molecule has 20 heavy (non-hydrogen) atoms. The topological polar surface area (TPSA) is 55.4 Å².